The number of nitrogens with one attached hydrogen (secondary N) is 1. The van der Waals surface area contributed by atoms with Crippen molar-refractivity contribution in [2.45, 2.75) is 5.92 Å². The number of halogens is 2. The maximum Gasteiger partial charge on any atom is 0.265 e. The summed E-state index contributed by atoms with van der Waals surface area (Å²) in [6.07, 6.45) is 0. The van der Waals surface area contributed by atoms with E-state index in [0.717, 1.165) is 0 Å². The largest absolute Gasteiger partial charge is 0.395 e. The van der Waals surface area contributed by atoms with Crippen molar-refractivity contribution in [2.75, 3.05) is 32.9 Å². The lowest BCUT2D eigenvalue weighted by Crippen LogP contribution is -2.67. The molecule has 0 amide bonds. The molecule has 0 radical (unpaired) electrons. The first-order valence-electron chi connectivity index (χ1n) is 4.39. The Morgan fingerprint density at radius 1 is 1.54 bits per heavy atom. The van der Waals surface area contributed by atoms with Gasteiger partial charge in [0.05, 0.1) is 31.2 Å². The van der Waals surface area contributed by atoms with Crippen LogP contribution in [-0.2, 0) is 4.74 Å². The van der Waals surface area contributed by atoms with Crippen molar-refractivity contribution in [1.29, 1.82) is 0 Å². The van der Waals surface area contributed by atoms with Crippen LogP contribution in [0.1, 0.15) is 0 Å². The highest BCUT2D eigenvalue weighted by molar-refractivity contribution is 5.04. The minimum absolute atomic E-state index is 0.0556. The maximum atomic E-state index is 13.7. The highest BCUT2D eigenvalue weighted by Gasteiger charge is 2.62. The first-order valence-corrected chi connectivity index (χ1v) is 4.39. The first-order chi connectivity index (χ1) is 6.12. The van der Waals surface area contributed by atoms with Gasteiger partial charge in [0, 0.05) is 13.1 Å². The van der Waals surface area contributed by atoms with Crippen molar-refractivity contribution >= 4 is 0 Å². The zero-order chi connectivity index (χ0) is 9.53. The average molecular weight is 193 g/mol. The van der Waals surface area contributed by atoms with Crippen LogP contribution in [0, 0.1) is 11.3 Å². The second kappa shape index (κ2) is 2.87. The second-order valence-electron chi connectivity index (χ2n) is 3.90. The van der Waals surface area contributed by atoms with Crippen LogP contribution in [0.5, 0.6) is 0 Å². The molecule has 2 aliphatic heterocycles. The number of hydrogen-bond donors (Lipinski definition) is 2. The highest BCUT2D eigenvalue weighted by atomic mass is 19.3. The summed E-state index contributed by atoms with van der Waals surface area (Å²) >= 11 is 0. The van der Waals surface area contributed by atoms with Crippen LogP contribution in [0.3, 0.4) is 0 Å². The molecule has 2 fully saturated rings. The van der Waals surface area contributed by atoms with Crippen molar-refractivity contribution in [3.63, 3.8) is 0 Å². The smallest absolute Gasteiger partial charge is 0.265 e. The number of alkyl halides is 2. The standard InChI is InChI=1S/C8H13F2NO2/c9-8(10)6-1-11-3-7(8,4-12)5-13-2-6/h6,11-12H,1-5H2. The Balaban J connectivity index is 2.30. The van der Waals surface area contributed by atoms with Gasteiger partial charge in [0.15, 0.2) is 0 Å². The maximum absolute atomic E-state index is 13.7. The average Bonchev–Trinajstić information content (AvgIpc) is 2.02. The lowest BCUT2D eigenvalue weighted by Gasteiger charge is -2.50. The zero-order valence-corrected chi connectivity index (χ0v) is 7.22. The second-order valence-corrected chi connectivity index (χ2v) is 3.90. The Morgan fingerprint density at radius 2 is 2.31 bits per heavy atom. The van der Waals surface area contributed by atoms with E-state index in [1.807, 2.05) is 0 Å². The molecule has 2 rings (SSSR count). The predicted molar refractivity (Wildman–Crippen MR) is 41.6 cm³/mol. The molecule has 0 aromatic heterocycles. The summed E-state index contributed by atoms with van der Waals surface area (Å²) in [7, 11) is 0. The number of hydrogen-bond acceptors (Lipinski definition) is 3. The van der Waals surface area contributed by atoms with E-state index in [1.165, 1.54) is 0 Å². The Kier molecular flexibility index (Phi) is 2.05. The van der Waals surface area contributed by atoms with Gasteiger partial charge < -0.3 is 15.2 Å². The third kappa shape index (κ3) is 1.11. The van der Waals surface area contributed by atoms with Gasteiger partial charge in [-0.2, -0.15) is 0 Å². The summed E-state index contributed by atoms with van der Waals surface area (Å²) in [4.78, 5) is 0. The van der Waals surface area contributed by atoms with E-state index in [4.69, 9.17) is 9.84 Å². The quantitative estimate of drug-likeness (QED) is 0.608. The summed E-state index contributed by atoms with van der Waals surface area (Å²) < 4.78 is 32.5. The van der Waals surface area contributed by atoms with Gasteiger partial charge in [-0.15, -0.1) is 0 Å². The first kappa shape index (κ1) is 9.30. The molecular weight excluding hydrogens is 180 g/mol. The molecule has 2 bridgehead atoms. The van der Waals surface area contributed by atoms with E-state index in [1.54, 1.807) is 0 Å². The fraction of sp³-hybridized carbons (Fsp3) is 1.00. The van der Waals surface area contributed by atoms with Gasteiger partial charge in [0.25, 0.3) is 5.92 Å². The number of rotatable bonds is 1. The van der Waals surface area contributed by atoms with E-state index >= 15 is 0 Å². The van der Waals surface area contributed by atoms with Crippen molar-refractivity contribution < 1.29 is 18.6 Å². The molecule has 2 aliphatic rings. The minimum atomic E-state index is -2.80. The molecule has 2 atom stereocenters. The number of ether oxygens (including phenoxy) is 1. The number of piperidine rings is 1. The van der Waals surface area contributed by atoms with Crippen LogP contribution in [0.2, 0.25) is 0 Å². The molecule has 2 heterocycles. The predicted octanol–water partition coefficient (Wildman–Crippen LogP) is -0.150. The van der Waals surface area contributed by atoms with Gasteiger partial charge in [-0.3, -0.25) is 0 Å². The van der Waals surface area contributed by atoms with Gasteiger partial charge in [-0.05, 0) is 0 Å². The molecule has 13 heavy (non-hydrogen) atoms. The molecule has 3 nitrogen and oxygen atoms in total. The van der Waals surface area contributed by atoms with Gasteiger partial charge in [0.1, 0.15) is 0 Å². The SMILES string of the molecule is OCC12CNCC(COC1)C2(F)F. The lowest BCUT2D eigenvalue weighted by molar-refractivity contribution is -0.258. The molecule has 0 aromatic carbocycles. The van der Waals surface area contributed by atoms with Gasteiger partial charge >= 0.3 is 0 Å². The van der Waals surface area contributed by atoms with Crippen molar-refractivity contribution in [3.8, 4) is 0 Å². The summed E-state index contributed by atoms with van der Waals surface area (Å²) in [6.45, 7) is -0.0903. The van der Waals surface area contributed by atoms with Crippen molar-refractivity contribution in [1.82, 2.24) is 5.32 Å². The van der Waals surface area contributed by atoms with Crippen LogP contribution in [0.15, 0.2) is 0 Å². The fourth-order valence-electron chi connectivity index (χ4n) is 2.08. The third-order valence-electron chi connectivity index (χ3n) is 3.07. The molecule has 0 aliphatic carbocycles. The number of fused-ring (bicyclic) bond motifs is 2. The molecule has 76 valence electrons. The summed E-state index contributed by atoms with van der Waals surface area (Å²) in [5, 5.41) is 11.9. The summed E-state index contributed by atoms with van der Waals surface area (Å²) in [5.41, 5.74) is -1.39. The minimum Gasteiger partial charge on any atom is -0.395 e. The Hall–Kier alpha value is -0.260. The summed E-state index contributed by atoms with van der Waals surface area (Å²) in [6, 6.07) is 0. The number of aliphatic hydroxyl groups excluding tert-OH is 1. The van der Waals surface area contributed by atoms with Crippen molar-refractivity contribution in [3.05, 3.63) is 0 Å². The lowest BCUT2D eigenvalue weighted by atomic mass is 9.72. The monoisotopic (exact) mass is 193 g/mol. The van der Waals surface area contributed by atoms with E-state index in [9.17, 15) is 8.78 Å². The van der Waals surface area contributed by atoms with E-state index in [-0.39, 0.29) is 26.3 Å². The van der Waals surface area contributed by atoms with Gasteiger partial charge in [-0.1, -0.05) is 0 Å². The zero-order valence-electron chi connectivity index (χ0n) is 7.22. The van der Waals surface area contributed by atoms with Crippen LogP contribution < -0.4 is 5.32 Å². The normalized spacial score (nSPS) is 43.2. The van der Waals surface area contributed by atoms with Gasteiger partial charge in [-0.25, -0.2) is 8.78 Å². The van der Waals surface area contributed by atoms with Crippen LogP contribution in [0.25, 0.3) is 0 Å². The summed E-state index contributed by atoms with van der Waals surface area (Å²) in [5.74, 6) is -3.59. The van der Waals surface area contributed by atoms with Crippen LogP contribution in [0.4, 0.5) is 8.78 Å². The molecule has 2 N–H and O–H groups in total. The Bertz CT molecular complexity index is 200. The third-order valence-corrected chi connectivity index (χ3v) is 3.07. The number of aliphatic hydroxyl groups is 1. The molecule has 5 heteroatoms. The molecule has 0 aromatic rings. The molecule has 2 saturated heterocycles. The van der Waals surface area contributed by atoms with E-state index in [0.29, 0.717) is 0 Å². The van der Waals surface area contributed by atoms with Crippen LogP contribution >= 0.6 is 0 Å². The van der Waals surface area contributed by atoms with Crippen molar-refractivity contribution in [2.24, 2.45) is 11.3 Å². The fourth-order valence-corrected chi connectivity index (χ4v) is 2.08. The Morgan fingerprint density at radius 3 is 2.92 bits per heavy atom. The highest BCUT2D eigenvalue weighted by Crippen LogP contribution is 2.47. The van der Waals surface area contributed by atoms with E-state index in [2.05, 4.69) is 5.32 Å². The van der Waals surface area contributed by atoms with Gasteiger partial charge in [0.2, 0.25) is 0 Å². The van der Waals surface area contributed by atoms with E-state index < -0.39 is 23.9 Å². The molecule has 0 spiro atoms. The Labute approximate surface area is 75.1 Å². The topological polar surface area (TPSA) is 41.5 Å². The molecular formula is C8H13F2NO2. The van der Waals surface area contributed by atoms with Crippen LogP contribution in [-0.4, -0.2) is 43.9 Å². The molecule has 0 saturated carbocycles. The molecule has 2 unspecified atom stereocenters.